The highest BCUT2D eigenvalue weighted by atomic mass is 19.1. The van der Waals surface area contributed by atoms with E-state index in [0.717, 1.165) is 34.3 Å². The van der Waals surface area contributed by atoms with E-state index in [9.17, 15) is 9.18 Å². The minimum absolute atomic E-state index is 0.0656. The first-order valence-electron chi connectivity index (χ1n) is 11.6. The van der Waals surface area contributed by atoms with Crippen LogP contribution < -0.4 is 21.1 Å². The lowest BCUT2D eigenvalue weighted by Crippen LogP contribution is -2.38. The van der Waals surface area contributed by atoms with Crippen molar-refractivity contribution in [1.29, 1.82) is 0 Å². The van der Waals surface area contributed by atoms with Crippen LogP contribution in [0.15, 0.2) is 61.2 Å². The van der Waals surface area contributed by atoms with E-state index in [-0.39, 0.29) is 17.5 Å². The van der Waals surface area contributed by atoms with Crippen LogP contribution in [-0.2, 0) is 4.74 Å². The van der Waals surface area contributed by atoms with Gasteiger partial charge in [-0.25, -0.2) is 14.4 Å². The Morgan fingerprint density at radius 3 is 2.57 bits per heavy atom. The van der Waals surface area contributed by atoms with Gasteiger partial charge < -0.3 is 15.0 Å². The first-order valence-corrected chi connectivity index (χ1v) is 11.6. The second kappa shape index (κ2) is 10.9. The number of carbonyl (C=O) groups is 1. The average molecular weight is 502 g/mol. The number of rotatable bonds is 7. The number of hydrogen-bond donors (Lipinski definition) is 3. The fourth-order valence-electron chi connectivity index (χ4n) is 3.88. The summed E-state index contributed by atoms with van der Waals surface area (Å²) in [7, 11) is 0. The van der Waals surface area contributed by atoms with Crippen molar-refractivity contribution in [1.82, 2.24) is 30.6 Å². The molecule has 1 aliphatic heterocycles. The maximum atomic E-state index is 14.2. The summed E-state index contributed by atoms with van der Waals surface area (Å²) >= 11 is 0. The van der Waals surface area contributed by atoms with Gasteiger partial charge in [-0.05, 0) is 48.4 Å². The van der Waals surface area contributed by atoms with Gasteiger partial charge in [0.25, 0.3) is 5.91 Å². The molecule has 4 aromatic rings. The van der Waals surface area contributed by atoms with Crippen LogP contribution in [0.25, 0.3) is 11.1 Å². The molecule has 0 unspecified atom stereocenters. The number of halogens is 1. The third-order valence-electron chi connectivity index (χ3n) is 5.73. The van der Waals surface area contributed by atoms with Gasteiger partial charge in [-0.1, -0.05) is 6.07 Å². The number of hydrazine groups is 1. The normalized spacial score (nSPS) is 13.2. The number of hydrogen-bond acceptors (Lipinski definition) is 10. The summed E-state index contributed by atoms with van der Waals surface area (Å²) in [5.41, 5.74) is 10.0. The summed E-state index contributed by atoms with van der Waals surface area (Å²) in [5, 5.41) is 11.0. The molecule has 1 amide bonds. The molecular weight excluding hydrogens is 477 g/mol. The van der Waals surface area contributed by atoms with Crippen LogP contribution in [0.3, 0.4) is 0 Å². The predicted molar refractivity (Wildman–Crippen MR) is 136 cm³/mol. The molecular formula is C25H24FN9O2. The summed E-state index contributed by atoms with van der Waals surface area (Å²) in [6.07, 6.45) is 6.02. The number of nitrogens with zero attached hydrogens (tertiary/aromatic N) is 6. The van der Waals surface area contributed by atoms with Gasteiger partial charge in [0, 0.05) is 24.3 Å². The minimum atomic E-state index is -0.539. The van der Waals surface area contributed by atoms with E-state index < -0.39 is 11.7 Å². The van der Waals surface area contributed by atoms with E-state index in [2.05, 4.69) is 41.3 Å². The van der Waals surface area contributed by atoms with Crippen molar-refractivity contribution in [3.8, 4) is 11.1 Å². The lowest BCUT2D eigenvalue weighted by Gasteiger charge is -2.28. The molecule has 0 bridgehead atoms. The molecule has 1 aromatic carbocycles. The van der Waals surface area contributed by atoms with Gasteiger partial charge in [-0.3, -0.25) is 15.6 Å². The van der Waals surface area contributed by atoms with E-state index in [4.69, 9.17) is 4.74 Å². The molecule has 0 saturated carbocycles. The van der Waals surface area contributed by atoms with Crippen molar-refractivity contribution in [3.63, 3.8) is 0 Å². The molecule has 188 valence electrons. The van der Waals surface area contributed by atoms with E-state index >= 15 is 0 Å². The van der Waals surface area contributed by atoms with Crippen LogP contribution in [0.2, 0.25) is 0 Å². The van der Waals surface area contributed by atoms with E-state index in [0.29, 0.717) is 26.3 Å². The topological polar surface area (TPSA) is 130 Å². The molecule has 12 heteroatoms. The van der Waals surface area contributed by atoms with Crippen molar-refractivity contribution in [2.24, 2.45) is 0 Å². The predicted octanol–water partition coefficient (Wildman–Crippen LogP) is 3.11. The Hall–Kier alpha value is -4.71. The fraction of sp³-hybridized carbons (Fsp3) is 0.200. The lowest BCUT2D eigenvalue weighted by molar-refractivity contribution is 0.0957. The summed E-state index contributed by atoms with van der Waals surface area (Å²) in [5.74, 6) is -0.804. The molecule has 1 saturated heterocycles. The summed E-state index contributed by atoms with van der Waals surface area (Å²) in [6, 6.07) is 11.2. The van der Waals surface area contributed by atoms with Crippen LogP contribution >= 0.6 is 0 Å². The van der Waals surface area contributed by atoms with Gasteiger partial charge in [0.15, 0.2) is 11.6 Å². The number of carbonyl (C=O) groups excluding carboxylic acids is 1. The molecule has 3 aromatic heterocycles. The van der Waals surface area contributed by atoms with Crippen LogP contribution in [0, 0.1) is 12.7 Å². The number of morpholine rings is 1. The molecule has 1 fully saturated rings. The Bertz CT molecular complexity index is 1380. The number of anilines is 4. The van der Waals surface area contributed by atoms with Gasteiger partial charge in [-0.15, -0.1) is 0 Å². The molecule has 11 nitrogen and oxygen atoms in total. The highest BCUT2D eigenvalue weighted by Crippen LogP contribution is 2.26. The zero-order chi connectivity index (χ0) is 25.6. The number of amides is 1. The van der Waals surface area contributed by atoms with Crippen LogP contribution in [0.4, 0.5) is 27.5 Å². The van der Waals surface area contributed by atoms with E-state index in [1.165, 1.54) is 0 Å². The quantitative estimate of drug-likeness (QED) is 0.325. The molecule has 1 aliphatic rings. The van der Waals surface area contributed by atoms with Crippen molar-refractivity contribution in [2.45, 2.75) is 6.92 Å². The molecule has 4 heterocycles. The third kappa shape index (κ3) is 5.76. The molecule has 3 N–H and O–H groups in total. The zero-order valence-electron chi connectivity index (χ0n) is 20.0. The number of benzene rings is 1. The van der Waals surface area contributed by atoms with Gasteiger partial charge in [0.1, 0.15) is 5.69 Å². The Labute approximate surface area is 212 Å². The molecule has 5 rings (SSSR count). The van der Waals surface area contributed by atoms with Crippen LogP contribution in [-0.4, -0.2) is 57.4 Å². The second-order valence-corrected chi connectivity index (χ2v) is 8.26. The first kappa shape index (κ1) is 24.0. The summed E-state index contributed by atoms with van der Waals surface area (Å²) < 4.78 is 19.5. The molecule has 0 radical (unpaired) electrons. The monoisotopic (exact) mass is 501 g/mol. The number of ether oxygens (including phenoxy) is 1. The number of nitrogens with one attached hydrogen (secondary N) is 3. The molecule has 0 spiro atoms. The van der Waals surface area contributed by atoms with Gasteiger partial charge in [0.05, 0.1) is 43.7 Å². The Kier molecular flexibility index (Phi) is 7.08. The second-order valence-electron chi connectivity index (χ2n) is 8.26. The highest BCUT2D eigenvalue weighted by molar-refractivity contribution is 5.93. The van der Waals surface area contributed by atoms with Crippen molar-refractivity contribution >= 4 is 29.0 Å². The maximum absolute atomic E-state index is 14.2. The van der Waals surface area contributed by atoms with E-state index in [1.807, 2.05) is 31.2 Å². The zero-order valence-corrected chi connectivity index (χ0v) is 20.0. The molecule has 0 aliphatic carbocycles. The molecule has 0 atom stereocenters. The van der Waals surface area contributed by atoms with Crippen molar-refractivity contribution in [2.75, 3.05) is 41.9 Å². The number of aryl methyl sites for hydroxylation is 1. The number of aromatic nitrogens is 5. The molecule has 37 heavy (non-hydrogen) atoms. The lowest BCUT2D eigenvalue weighted by atomic mass is 10.0. The van der Waals surface area contributed by atoms with E-state index in [1.54, 1.807) is 35.6 Å². The smallest absolute Gasteiger partial charge is 0.288 e. The highest BCUT2D eigenvalue weighted by Gasteiger charge is 2.18. The Morgan fingerprint density at radius 1 is 1.00 bits per heavy atom. The maximum Gasteiger partial charge on any atom is 0.288 e. The largest absolute Gasteiger partial charge is 0.378 e. The Morgan fingerprint density at radius 2 is 1.84 bits per heavy atom. The summed E-state index contributed by atoms with van der Waals surface area (Å²) in [4.78, 5) is 26.6. The van der Waals surface area contributed by atoms with Crippen molar-refractivity contribution < 1.29 is 13.9 Å². The van der Waals surface area contributed by atoms with Gasteiger partial charge >= 0.3 is 0 Å². The van der Waals surface area contributed by atoms with Crippen LogP contribution in [0.5, 0.6) is 0 Å². The van der Waals surface area contributed by atoms with Crippen LogP contribution in [0.1, 0.15) is 16.1 Å². The first-order chi connectivity index (χ1) is 18.1. The average Bonchev–Trinajstić information content (AvgIpc) is 2.94. The number of pyridine rings is 1. The minimum Gasteiger partial charge on any atom is -0.378 e. The summed E-state index contributed by atoms with van der Waals surface area (Å²) in [6.45, 7) is 4.06. The third-order valence-corrected chi connectivity index (χ3v) is 5.73. The Balaban J connectivity index is 1.19. The fourth-order valence-corrected chi connectivity index (χ4v) is 3.88. The van der Waals surface area contributed by atoms with Gasteiger partial charge in [-0.2, -0.15) is 15.2 Å². The SMILES string of the molecule is Cc1cc(Nc2ccc(C(=O)NNc3ncc(F)c(N4CCOCC4)n3)nc2)ccc1-c1ccnnc1. The van der Waals surface area contributed by atoms with Crippen molar-refractivity contribution in [3.05, 3.63) is 78.3 Å². The standard InChI is InChI=1S/C25H24FN9O2/c1-16-12-18(2-4-20(16)17-6-7-29-30-13-17)31-19-3-5-22(27-14-19)24(36)33-34-25-28-15-21(26)23(32-25)35-8-10-37-11-9-35/h2-7,12-15,31H,8-11H2,1H3,(H,33,36)(H,28,32,34). The van der Waals surface area contributed by atoms with Gasteiger partial charge in [0.2, 0.25) is 5.95 Å².